The number of carbonyl (C=O) groups excluding carboxylic acids is 1. The first-order chi connectivity index (χ1) is 11.5. The number of rotatable bonds is 4. The zero-order valence-corrected chi connectivity index (χ0v) is 13.4. The Labute approximate surface area is 141 Å². The maximum Gasteiger partial charge on any atom is 0.267 e. The minimum Gasteiger partial charge on any atom is -0.323 e. The van der Waals surface area contributed by atoms with E-state index in [-0.39, 0.29) is 11.7 Å². The van der Waals surface area contributed by atoms with Crippen LogP contribution in [0.15, 0.2) is 47.7 Å². The summed E-state index contributed by atoms with van der Waals surface area (Å²) in [5.74, 6) is 1.10. The van der Waals surface area contributed by atoms with E-state index in [0.717, 1.165) is 10.5 Å². The highest BCUT2D eigenvalue weighted by molar-refractivity contribution is 6.29. The quantitative estimate of drug-likeness (QED) is 0.772. The second-order valence-electron chi connectivity index (χ2n) is 4.95. The normalized spacial score (nSPS) is 10.6. The molecule has 9 heteroatoms. The van der Waals surface area contributed by atoms with E-state index in [1.54, 1.807) is 24.5 Å². The minimum absolute atomic E-state index is 0.143. The number of halogens is 1. The predicted octanol–water partition coefficient (Wildman–Crippen LogP) is 1.42. The Balaban J connectivity index is 1.70. The molecule has 0 aliphatic rings. The Morgan fingerprint density at radius 2 is 2.08 bits per heavy atom. The van der Waals surface area contributed by atoms with Crippen LogP contribution in [-0.4, -0.2) is 30.2 Å². The summed E-state index contributed by atoms with van der Waals surface area (Å²) in [7, 11) is 0. The van der Waals surface area contributed by atoms with E-state index in [1.165, 1.54) is 18.3 Å². The number of nitrogens with one attached hydrogen (secondary N) is 1. The van der Waals surface area contributed by atoms with E-state index < -0.39 is 11.5 Å². The number of amides is 1. The molecule has 0 atom stereocenters. The first kappa shape index (κ1) is 15.9. The summed E-state index contributed by atoms with van der Waals surface area (Å²) in [5, 5.41) is 6.59. The number of imidazole rings is 1. The van der Waals surface area contributed by atoms with Gasteiger partial charge in [-0.25, -0.2) is 14.6 Å². The lowest BCUT2D eigenvalue weighted by Crippen LogP contribution is -2.29. The van der Waals surface area contributed by atoms with E-state index in [2.05, 4.69) is 20.4 Å². The van der Waals surface area contributed by atoms with Gasteiger partial charge in [0.15, 0.2) is 0 Å². The summed E-state index contributed by atoms with van der Waals surface area (Å²) in [4.78, 5) is 32.0. The highest BCUT2D eigenvalue weighted by atomic mass is 35.5. The molecular weight excluding hydrogens is 332 g/mol. The van der Waals surface area contributed by atoms with E-state index in [4.69, 9.17) is 11.6 Å². The van der Waals surface area contributed by atoms with Gasteiger partial charge in [-0.05, 0) is 25.1 Å². The molecule has 0 aliphatic carbocycles. The Morgan fingerprint density at radius 3 is 2.75 bits per heavy atom. The molecule has 3 rings (SSSR count). The molecule has 0 radical (unpaired) electrons. The fourth-order valence-corrected chi connectivity index (χ4v) is 2.25. The molecule has 0 bridgehead atoms. The van der Waals surface area contributed by atoms with E-state index in [1.807, 2.05) is 11.5 Å². The molecule has 1 N–H and O–H groups in total. The minimum atomic E-state index is -0.404. The van der Waals surface area contributed by atoms with Crippen LogP contribution < -0.4 is 10.9 Å². The van der Waals surface area contributed by atoms with Crippen LogP contribution in [-0.2, 0) is 11.3 Å². The van der Waals surface area contributed by atoms with Gasteiger partial charge < -0.3 is 5.32 Å². The van der Waals surface area contributed by atoms with Crippen LogP contribution in [0.25, 0.3) is 5.82 Å². The number of nitrogens with zero attached hydrogens (tertiary/aromatic N) is 5. The number of anilines is 1. The lowest BCUT2D eigenvalue weighted by molar-refractivity contribution is -0.117. The molecule has 8 nitrogen and oxygen atoms in total. The Morgan fingerprint density at radius 1 is 1.25 bits per heavy atom. The largest absolute Gasteiger partial charge is 0.323 e. The average molecular weight is 345 g/mol. The Bertz CT molecular complexity index is 932. The highest BCUT2D eigenvalue weighted by Gasteiger charge is 2.08. The molecule has 0 aromatic carbocycles. The van der Waals surface area contributed by atoms with Gasteiger partial charge in [-0.1, -0.05) is 11.6 Å². The van der Waals surface area contributed by atoms with E-state index in [9.17, 15) is 9.59 Å². The Kier molecular flexibility index (Phi) is 4.39. The van der Waals surface area contributed by atoms with Crippen LogP contribution in [0.2, 0.25) is 5.15 Å². The summed E-state index contributed by atoms with van der Waals surface area (Å²) < 4.78 is 2.81. The fraction of sp³-hybridized carbons (Fsp3) is 0.133. The van der Waals surface area contributed by atoms with Gasteiger partial charge in [0.1, 0.15) is 23.3 Å². The van der Waals surface area contributed by atoms with Crippen LogP contribution in [0.4, 0.5) is 5.69 Å². The number of pyridine rings is 1. The van der Waals surface area contributed by atoms with Crippen molar-refractivity contribution in [3.63, 3.8) is 0 Å². The molecule has 0 spiro atoms. The SMILES string of the molecule is Cc1nccn1-c1ccc(NC(=O)Cn2nc(Cl)ccc2=O)cn1. The molecule has 1 amide bonds. The van der Waals surface area contributed by atoms with Crippen LogP contribution in [0.3, 0.4) is 0 Å². The molecule has 0 saturated heterocycles. The van der Waals surface area contributed by atoms with E-state index >= 15 is 0 Å². The topological polar surface area (TPSA) is 94.7 Å². The maximum absolute atomic E-state index is 12.0. The monoisotopic (exact) mass is 344 g/mol. The number of hydrogen-bond donors (Lipinski definition) is 1. The Hall–Kier alpha value is -3.00. The molecule has 0 saturated carbocycles. The van der Waals surface area contributed by atoms with Crippen LogP contribution in [0, 0.1) is 6.92 Å². The molecule has 0 aliphatic heterocycles. The lowest BCUT2D eigenvalue weighted by atomic mass is 10.4. The first-order valence-corrected chi connectivity index (χ1v) is 7.40. The molecule has 3 heterocycles. The standard InChI is InChI=1S/C15H13ClN6O2/c1-10-17-6-7-21(10)13-4-2-11(8-18-13)19-14(23)9-22-15(24)5-3-12(16)20-22/h2-8H,9H2,1H3,(H,19,23). The van der Waals surface area contributed by atoms with Gasteiger partial charge in [0.25, 0.3) is 5.56 Å². The molecule has 0 unspecified atom stereocenters. The molecule has 0 fully saturated rings. The summed E-state index contributed by atoms with van der Waals surface area (Å²) in [6.07, 6.45) is 5.01. The second-order valence-corrected chi connectivity index (χ2v) is 5.34. The first-order valence-electron chi connectivity index (χ1n) is 7.03. The van der Waals surface area contributed by atoms with Crippen molar-refractivity contribution in [3.8, 4) is 5.82 Å². The van der Waals surface area contributed by atoms with Crippen molar-refractivity contribution in [2.75, 3.05) is 5.32 Å². The third-order valence-electron chi connectivity index (χ3n) is 3.23. The number of carbonyl (C=O) groups is 1. The van der Waals surface area contributed by atoms with Crippen molar-refractivity contribution >= 4 is 23.2 Å². The smallest absolute Gasteiger partial charge is 0.267 e. The molecule has 3 aromatic rings. The van der Waals surface area contributed by atoms with Crippen LogP contribution in [0.1, 0.15) is 5.82 Å². The maximum atomic E-state index is 12.0. The van der Waals surface area contributed by atoms with Gasteiger partial charge in [-0.3, -0.25) is 14.2 Å². The number of aromatic nitrogens is 5. The predicted molar refractivity (Wildman–Crippen MR) is 88.2 cm³/mol. The van der Waals surface area contributed by atoms with Crippen LogP contribution in [0.5, 0.6) is 0 Å². The zero-order chi connectivity index (χ0) is 17.1. The molecular formula is C15H13ClN6O2. The van der Waals surface area contributed by atoms with Gasteiger partial charge in [0.05, 0.1) is 11.9 Å². The summed E-state index contributed by atoms with van der Waals surface area (Å²) in [6, 6.07) is 6.10. The second kappa shape index (κ2) is 6.63. The van der Waals surface area contributed by atoms with Gasteiger partial charge in [-0.15, -0.1) is 0 Å². The van der Waals surface area contributed by atoms with Crippen molar-refractivity contribution in [1.82, 2.24) is 24.3 Å². The molecule has 122 valence electrons. The van der Waals surface area contributed by atoms with Crippen molar-refractivity contribution in [1.29, 1.82) is 0 Å². The third kappa shape index (κ3) is 3.49. The average Bonchev–Trinajstić information content (AvgIpc) is 2.98. The summed E-state index contributed by atoms with van der Waals surface area (Å²) in [6.45, 7) is 1.63. The van der Waals surface area contributed by atoms with Crippen LogP contribution >= 0.6 is 11.6 Å². The summed E-state index contributed by atoms with van der Waals surface area (Å²) in [5.41, 5.74) is 0.107. The van der Waals surface area contributed by atoms with Gasteiger partial charge in [-0.2, -0.15) is 5.10 Å². The number of aryl methyl sites for hydroxylation is 1. The van der Waals surface area contributed by atoms with Crippen molar-refractivity contribution in [2.45, 2.75) is 13.5 Å². The molecule has 3 aromatic heterocycles. The number of hydrogen-bond acceptors (Lipinski definition) is 5. The van der Waals surface area contributed by atoms with E-state index in [0.29, 0.717) is 11.5 Å². The zero-order valence-electron chi connectivity index (χ0n) is 12.7. The summed E-state index contributed by atoms with van der Waals surface area (Å²) >= 11 is 5.72. The van der Waals surface area contributed by atoms with Gasteiger partial charge >= 0.3 is 0 Å². The lowest BCUT2D eigenvalue weighted by Gasteiger charge is -2.08. The van der Waals surface area contributed by atoms with Gasteiger partial charge in [0, 0.05) is 18.5 Å². The third-order valence-corrected chi connectivity index (χ3v) is 3.43. The van der Waals surface area contributed by atoms with Gasteiger partial charge in [0.2, 0.25) is 5.91 Å². The van der Waals surface area contributed by atoms with Crippen molar-refractivity contribution in [3.05, 3.63) is 64.2 Å². The van der Waals surface area contributed by atoms with Crippen molar-refractivity contribution in [2.24, 2.45) is 0 Å². The fourth-order valence-electron chi connectivity index (χ4n) is 2.10. The highest BCUT2D eigenvalue weighted by Crippen LogP contribution is 2.11. The molecule has 24 heavy (non-hydrogen) atoms. The van der Waals surface area contributed by atoms with Crippen molar-refractivity contribution < 1.29 is 4.79 Å².